The molecule has 0 rings (SSSR count). The van der Waals surface area contributed by atoms with Crippen molar-refractivity contribution in [3.63, 3.8) is 0 Å². The molecule has 0 aliphatic carbocycles. The van der Waals surface area contributed by atoms with Crippen molar-refractivity contribution >= 4 is 11.9 Å². The van der Waals surface area contributed by atoms with Crippen LogP contribution in [-0.2, 0) is 19.1 Å². The number of hydrogen-bond donors (Lipinski definition) is 1. The number of unbranched alkanes of at least 4 members (excludes halogenated alkanes) is 36. The third-order valence-electron chi connectivity index (χ3n) is 13.1. The van der Waals surface area contributed by atoms with E-state index in [1.165, 1.54) is 205 Å². The fourth-order valence-electron chi connectivity index (χ4n) is 8.70. The Kier molecular flexibility index (Phi) is 55.8. The summed E-state index contributed by atoms with van der Waals surface area (Å²) in [5.41, 5.74) is 0. The lowest BCUT2D eigenvalue weighted by Crippen LogP contribution is -2.28. The Morgan fingerprint density at radius 2 is 0.642 bits per heavy atom. The second-order valence-electron chi connectivity index (χ2n) is 19.7. The summed E-state index contributed by atoms with van der Waals surface area (Å²) in [6.07, 6.45) is 77.7. The molecule has 0 saturated carbocycles. The Morgan fingerprint density at radius 3 is 0.970 bits per heavy atom. The maximum atomic E-state index is 12.3. The smallest absolute Gasteiger partial charge is 0.306 e. The number of esters is 2. The van der Waals surface area contributed by atoms with Crippen molar-refractivity contribution in [2.24, 2.45) is 0 Å². The van der Waals surface area contributed by atoms with E-state index in [4.69, 9.17) is 9.47 Å². The summed E-state index contributed by atoms with van der Waals surface area (Å²) >= 11 is 0. The summed E-state index contributed by atoms with van der Waals surface area (Å²) in [7, 11) is 0. The molecular weight excluding hydrogens is 825 g/mol. The highest BCUT2D eigenvalue weighted by Crippen LogP contribution is 2.17. The van der Waals surface area contributed by atoms with Gasteiger partial charge in [-0.1, -0.05) is 293 Å². The third kappa shape index (κ3) is 56.1. The lowest BCUT2D eigenvalue weighted by Gasteiger charge is -2.15. The molecule has 0 radical (unpaired) electrons. The van der Waals surface area contributed by atoms with Crippen LogP contribution in [0.25, 0.3) is 0 Å². The number of carbonyl (C=O) groups excluding carboxylic acids is 2. The second-order valence-corrected chi connectivity index (χ2v) is 19.7. The van der Waals surface area contributed by atoms with Gasteiger partial charge in [-0.15, -0.1) is 0 Å². The fraction of sp³-hybridized carbons (Fsp3) is 0.806. The summed E-state index contributed by atoms with van der Waals surface area (Å²) in [5, 5.41) is 9.66. The minimum Gasteiger partial charge on any atom is -0.462 e. The van der Waals surface area contributed by atoms with Crippen LogP contribution in [0.4, 0.5) is 0 Å². The largest absolute Gasteiger partial charge is 0.462 e. The molecule has 0 bridgehead atoms. The molecular formula is C62H112O5. The van der Waals surface area contributed by atoms with E-state index in [1.54, 1.807) is 0 Å². The maximum Gasteiger partial charge on any atom is 0.306 e. The van der Waals surface area contributed by atoms with Crippen LogP contribution in [-0.4, -0.2) is 36.4 Å². The summed E-state index contributed by atoms with van der Waals surface area (Å²) in [4.78, 5) is 24.5. The van der Waals surface area contributed by atoms with Gasteiger partial charge < -0.3 is 14.6 Å². The van der Waals surface area contributed by atoms with E-state index in [9.17, 15) is 14.7 Å². The standard InChI is InChI=1S/C62H112O5/c1-3-5-7-9-11-13-15-17-19-21-23-25-27-29-30-31-32-33-35-37-39-41-43-45-47-49-51-53-55-57-62(65)67-60(58-63)59-66-61(64)56-54-52-50-48-46-44-42-40-38-36-34-28-26-24-22-20-18-16-14-12-10-8-6-4-2/h5,7,11,13,17,19,23,25,29-30,60,63H,3-4,6,8-10,12,14-16,18,20-22,24,26-28,31-59H2,1-2H3/b7-5-,13-11-,19-17-,25-23-,30-29-. The van der Waals surface area contributed by atoms with Crippen molar-refractivity contribution in [1.82, 2.24) is 0 Å². The average molecular weight is 938 g/mol. The number of hydrogen-bond acceptors (Lipinski definition) is 5. The van der Waals surface area contributed by atoms with Gasteiger partial charge in [0.2, 0.25) is 0 Å². The average Bonchev–Trinajstić information content (AvgIpc) is 3.33. The Morgan fingerprint density at radius 1 is 0.358 bits per heavy atom. The van der Waals surface area contributed by atoms with E-state index >= 15 is 0 Å². The molecule has 0 aromatic rings. The minimum absolute atomic E-state index is 0.0632. The summed E-state index contributed by atoms with van der Waals surface area (Å²) < 4.78 is 10.7. The van der Waals surface area contributed by atoms with Gasteiger partial charge in [-0.25, -0.2) is 0 Å². The van der Waals surface area contributed by atoms with E-state index in [0.717, 1.165) is 70.6 Å². The molecule has 1 atom stereocenters. The first-order valence-corrected chi connectivity index (χ1v) is 29.3. The molecule has 0 saturated heterocycles. The fourth-order valence-corrected chi connectivity index (χ4v) is 8.70. The minimum atomic E-state index is -0.773. The summed E-state index contributed by atoms with van der Waals surface area (Å²) in [6.45, 7) is 4.07. The number of aliphatic hydroxyl groups is 1. The van der Waals surface area contributed by atoms with Crippen molar-refractivity contribution in [1.29, 1.82) is 0 Å². The second kappa shape index (κ2) is 57.9. The highest BCUT2D eigenvalue weighted by molar-refractivity contribution is 5.70. The van der Waals surface area contributed by atoms with E-state index in [0.29, 0.717) is 12.8 Å². The molecule has 390 valence electrons. The van der Waals surface area contributed by atoms with Gasteiger partial charge >= 0.3 is 11.9 Å². The number of carbonyl (C=O) groups is 2. The van der Waals surface area contributed by atoms with Crippen LogP contribution in [0, 0.1) is 0 Å². The predicted molar refractivity (Wildman–Crippen MR) is 293 cm³/mol. The Hall–Kier alpha value is -2.40. The van der Waals surface area contributed by atoms with Gasteiger partial charge in [0.25, 0.3) is 0 Å². The first kappa shape index (κ1) is 64.6. The quantitative estimate of drug-likeness (QED) is 0.0374. The molecule has 5 heteroatoms. The number of ether oxygens (including phenoxy) is 2. The molecule has 0 fully saturated rings. The van der Waals surface area contributed by atoms with Gasteiger partial charge in [-0.2, -0.15) is 0 Å². The van der Waals surface area contributed by atoms with E-state index in [1.807, 2.05) is 0 Å². The monoisotopic (exact) mass is 937 g/mol. The molecule has 0 spiro atoms. The zero-order valence-electron chi connectivity index (χ0n) is 44.7. The lowest BCUT2D eigenvalue weighted by molar-refractivity contribution is -0.161. The molecule has 0 aliphatic heterocycles. The molecule has 0 heterocycles. The predicted octanol–water partition coefficient (Wildman–Crippen LogP) is 19.8. The van der Waals surface area contributed by atoms with Crippen LogP contribution in [0.2, 0.25) is 0 Å². The van der Waals surface area contributed by atoms with Gasteiger partial charge in [-0.3, -0.25) is 9.59 Å². The number of allylic oxidation sites excluding steroid dienone is 10. The summed E-state index contributed by atoms with van der Waals surface area (Å²) in [6, 6.07) is 0. The van der Waals surface area contributed by atoms with Gasteiger partial charge in [-0.05, 0) is 57.8 Å². The van der Waals surface area contributed by atoms with Crippen molar-refractivity contribution in [2.75, 3.05) is 13.2 Å². The molecule has 5 nitrogen and oxygen atoms in total. The molecule has 0 aromatic carbocycles. The van der Waals surface area contributed by atoms with Gasteiger partial charge in [0.05, 0.1) is 6.61 Å². The SMILES string of the molecule is CC/C=C\C/C=C\C/C=C\C/C=C\C/C=C\CCCCCCCCCCCCCCCC(=O)OC(CO)COC(=O)CCCCCCCCCCCCCCCCCCCCCCCCCC. The molecule has 1 unspecified atom stereocenters. The highest BCUT2D eigenvalue weighted by atomic mass is 16.6. The van der Waals surface area contributed by atoms with Gasteiger partial charge in [0, 0.05) is 12.8 Å². The van der Waals surface area contributed by atoms with Crippen molar-refractivity contribution in [2.45, 2.75) is 309 Å². The Balaban J connectivity index is 3.46. The van der Waals surface area contributed by atoms with Crippen LogP contribution in [0.5, 0.6) is 0 Å². The van der Waals surface area contributed by atoms with Gasteiger partial charge in [0.15, 0.2) is 6.10 Å². The van der Waals surface area contributed by atoms with Gasteiger partial charge in [0.1, 0.15) is 6.61 Å². The molecule has 0 aromatic heterocycles. The zero-order valence-corrected chi connectivity index (χ0v) is 44.7. The lowest BCUT2D eigenvalue weighted by atomic mass is 10.0. The molecule has 67 heavy (non-hydrogen) atoms. The molecule has 0 amide bonds. The third-order valence-corrected chi connectivity index (χ3v) is 13.1. The number of rotatable bonds is 54. The zero-order chi connectivity index (χ0) is 48.5. The molecule has 0 aliphatic rings. The highest BCUT2D eigenvalue weighted by Gasteiger charge is 2.16. The van der Waals surface area contributed by atoms with E-state index < -0.39 is 6.10 Å². The Bertz CT molecular complexity index is 1150. The number of aliphatic hydroxyl groups excluding tert-OH is 1. The first-order chi connectivity index (χ1) is 33.1. The normalized spacial score (nSPS) is 12.6. The van der Waals surface area contributed by atoms with Crippen LogP contribution in [0.15, 0.2) is 60.8 Å². The van der Waals surface area contributed by atoms with E-state index in [-0.39, 0.29) is 25.2 Å². The van der Waals surface area contributed by atoms with Crippen LogP contribution < -0.4 is 0 Å². The maximum absolute atomic E-state index is 12.3. The Labute approximate surface area is 417 Å². The van der Waals surface area contributed by atoms with Crippen molar-refractivity contribution < 1.29 is 24.2 Å². The van der Waals surface area contributed by atoms with Crippen LogP contribution in [0.3, 0.4) is 0 Å². The summed E-state index contributed by atoms with van der Waals surface area (Å²) in [5.74, 6) is -0.577. The van der Waals surface area contributed by atoms with Crippen molar-refractivity contribution in [3.05, 3.63) is 60.8 Å². The van der Waals surface area contributed by atoms with Crippen LogP contribution in [0.1, 0.15) is 303 Å². The topological polar surface area (TPSA) is 72.8 Å². The first-order valence-electron chi connectivity index (χ1n) is 29.3. The molecule has 1 N–H and O–H groups in total. The van der Waals surface area contributed by atoms with Crippen LogP contribution >= 0.6 is 0 Å². The van der Waals surface area contributed by atoms with E-state index in [2.05, 4.69) is 74.6 Å². The van der Waals surface area contributed by atoms with Crippen molar-refractivity contribution in [3.8, 4) is 0 Å².